The Labute approximate surface area is 520 Å². The van der Waals surface area contributed by atoms with Crippen LogP contribution in [0.15, 0.2) is 121 Å². The number of carbonyl (C=O) groups is 6. The molecule has 464 valence electrons. The monoisotopic (exact) mass is 1310 g/mol. The van der Waals surface area contributed by atoms with Crippen molar-refractivity contribution in [3.05, 3.63) is 184 Å². The number of carboxylic acid groups (broad SMARTS) is 1. The fraction of sp³-hybridized carbons (Fsp3) is 0.344. The number of terminal acetylenes is 2. The standard InChI is InChI=1S/C19H17N3O6.C19H25NO4.C11H22O3.C9H6O2.C6H4INO2/c1-12(23)17(19(25)21-26)20-18(24)15-9-7-13(8-10-15)5-6-14-3-2-4-16(11-14)22(27)28;1-7-14-8-10-15(11-9-14)18(22)20-17(16(21)12-23-6)13(2)24-19(3,4)5;1-8(10(12)7-13-6)9(2)14-11(3,4)5;1-2-7-3-5-8(6-4-7)9(10)11;7-5-2-1-3-6(4-5)8(9)10/h2-4,7-12,17,23,26H,1H3,(H,20,24)(H,21,25);1,8-11,13,17H,12H2,2-6H3,(H,20,22);8-9H,7H2,1-6H3;1,3-6H,(H,10,11);1-4H/t12-,17+;13-,17+;8-,9+;;/m110../s1. The van der Waals surface area contributed by atoms with Gasteiger partial charge in [0.15, 0.2) is 11.6 Å². The minimum Gasteiger partial charge on any atom is -0.478 e. The topological polar surface area (TPSA) is 322 Å². The zero-order valence-electron chi connectivity index (χ0n) is 50.4. The van der Waals surface area contributed by atoms with Gasteiger partial charge in [0.05, 0.1) is 44.9 Å². The number of aliphatic hydroxyl groups is 1. The quantitative estimate of drug-likeness (QED) is 0.0148. The highest BCUT2D eigenvalue weighted by Crippen LogP contribution is 2.19. The lowest BCUT2D eigenvalue weighted by Gasteiger charge is -2.30. The summed E-state index contributed by atoms with van der Waals surface area (Å²) in [6.45, 7) is 18.5. The highest BCUT2D eigenvalue weighted by atomic mass is 127. The second-order valence-corrected chi connectivity index (χ2v) is 21.9. The third kappa shape index (κ3) is 30.3. The lowest BCUT2D eigenvalue weighted by atomic mass is 10.0. The van der Waals surface area contributed by atoms with E-state index in [-0.39, 0.29) is 70.8 Å². The van der Waals surface area contributed by atoms with E-state index >= 15 is 0 Å². The predicted molar refractivity (Wildman–Crippen MR) is 335 cm³/mol. The molecule has 23 heteroatoms. The van der Waals surface area contributed by atoms with Gasteiger partial charge in [0.2, 0.25) is 0 Å². The lowest BCUT2D eigenvalue weighted by molar-refractivity contribution is -0.385. The number of nitrogens with zero attached hydrogens (tertiary/aromatic N) is 2. The Morgan fingerprint density at radius 3 is 1.38 bits per heavy atom. The third-order valence-corrected chi connectivity index (χ3v) is 12.0. The summed E-state index contributed by atoms with van der Waals surface area (Å²) in [6.07, 6.45) is 8.60. The molecule has 0 bridgehead atoms. The Bertz CT molecular complexity index is 3240. The molecular formula is C64H74IN5O17. The maximum atomic E-state index is 12.4. The number of methoxy groups -OCH3 is 2. The van der Waals surface area contributed by atoms with Crippen molar-refractivity contribution in [1.29, 1.82) is 0 Å². The minimum absolute atomic E-state index is 0.0570. The number of amides is 3. The van der Waals surface area contributed by atoms with Gasteiger partial charge in [0, 0.05) is 81.4 Å². The molecule has 0 heterocycles. The molecule has 0 saturated carbocycles. The zero-order valence-corrected chi connectivity index (χ0v) is 52.6. The summed E-state index contributed by atoms with van der Waals surface area (Å²) in [6, 6.07) is 29.1. The van der Waals surface area contributed by atoms with Gasteiger partial charge in [-0.1, -0.05) is 42.7 Å². The van der Waals surface area contributed by atoms with Gasteiger partial charge in [0.25, 0.3) is 29.1 Å². The Hall–Kier alpha value is -8.71. The number of carboxylic acids is 1. The fourth-order valence-electron chi connectivity index (χ4n) is 7.00. The first kappa shape index (κ1) is 76.3. The van der Waals surface area contributed by atoms with Crippen LogP contribution < -0.4 is 16.1 Å². The molecule has 0 aliphatic heterocycles. The fourth-order valence-corrected chi connectivity index (χ4v) is 7.53. The molecule has 5 rings (SSSR count). The van der Waals surface area contributed by atoms with E-state index in [1.54, 1.807) is 67.6 Å². The molecular weight excluding hydrogens is 1240 g/mol. The van der Waals surface area contributed by atoms with E-state index in [4.69, 9.17) is 42.1 Å². The molecule has 0 spiro atoms. The maximum absolute atomic E-state index is 12.4. The molecule has 0 aliphatic rings. The van der Waals surface area contributed by atoms with Crippen LogP contribution in [0.25, 0.3) is 0 Å². The average Bonchev–Trinajstić information content (AvgIpc) is 3.53. The van der Waals surface area contributed by atoms with E-state index in [2.05, 4.69) is 34.3 Å². The first-order valence-electron chi connectivity index (χ1n) is 26.5. The zero-order chi connectivity index (χ0) is 66.2. The van der Waals surface area contributed by atoms with Crippen molar-refractivity contribution in [1.82, 2.24) is 16.1 Å². The molecule has 3 amide bonds. The summed E-state index contributed by atoms with van der Waals surface area (Å²) >= 11 is 2.03. The number of aliphatic hydroxyl groups excluding tert-OH is 1. The number of nitro groups is 2. The van der Waals surface area contributed by atoms with Crippen molar-refractivity contribution in [3.63, 3.8) is 0 Å². The van der Waals surface area contributed by atoms with Gasteiger partial charge in [0.1, 0.15) is 25.3 Å². The molecule has 5 aromatic rings. The highest BCUT2D eigenvalue weighted by molar-refractivity contribution is 14.1. The van der Waals surface area contributed by atoms with Gasteiger partial charge in [-0.3, -0.25) is 49.4 Å². The number of nitro benzene ring substituents is 2. The number of halogens is 1. The number of aromatic carboxylic acids is 1. The normalized spacial score (nSPS) is 12.5. The van der Waals surface area contributed by atoms with Crippen LogP contribution in [0, 0.1) is 66.2 Å². The predicted octanol–water partition coefficient (Wildman–Crippen LogP) is 8.77. The molecule has 0 aromatic heterocycles. The number of hydrogen-bond acceptors (Lipinski definition) is 16. The summed E-state index contributed by atoms with van der Waals surface area (Å²) < 4.78 is 22.1. The summed E-state index contributed by atoms with van der Waals surface area (Å²) in [4.78, 5) is 90.2. The van der Waals surface area contributed by atoms with Crippen LogP contribution in [0.4, 0.5) is 11.4 Å². The van der Waals surface area contributed by atoms with E-state index in [1.165, 1.54) is 81.2 Å². The van der Waals surface area contributed by atoms with Crippen LogP contribution in [0.3, 0.4) is 0 Å². The molecule has 0 fully saturated rings. The molecule has 22 nitrogen and oxygen atoms in total. The Morgan fingerprint density at radius 1 is 0.586 bits per heavy atom. The van der Waals surface area contributed by atoms with E-state index < -0.39 is 57.5 Å². The van der Waals surface area contributed by atoms with Gasteiger partial charge in [-0.05, 0) is 170 Å². The molecule has 0 unspecified atom stereocenters. The molecule has 0 aliphatic carbocycles. The molecule has 6 atom stereocenters. The van der Waals surface area contributed by atoms with Gasteiger partial charge in [-0.25, -0.2) is 10.3 Å². The van der Waals surface area contributed by atoms with Crippen LogP contribution in [0.2, 0.25) is 0 Å². The van der Waals surface area contributed by atoms with Gasteiger partial charge in [-0.15, -0.1) is 12.8 Å². The van der Waals surface area contributed by atoms with Gasteiger partial charge in [-0.2, -0.15) is 0 Å². The number of nitrogens with one attached hydrogen (secondary N) is 3. The second kappa shape index (κ2) is 38.4. The molecule has 5 aromatic carbocycles. The van der Waals surface area contributed by atoms with E-state index in [9.17, 15) is 54.1 Å². The van der Waals surface area contributed by atoms with Crippen molar-refractivity contribution in [2.45, 2.75) is 111 Å². The second-order valence-electron chi connectivity index (χ2n) is 20.7. The third-order valence-electron chi connectivity index (χ3n) is 11.3. The first-order valence-corrected chi connectivity index (χ1v) is 27.5. The number of hydroxylamine groups is 1. The number of rotatable bonds is 19. The van der Waals surface area contributed by atoms with Crippen molar-refractivity contribution >= 4 is 69.2 Å². The number of carbonyl (C=O) groups excluding carboxylic acids is 5. The van der Waals surface area contributed by atoms with E-state index in [0.717, 1.165) is 3.57 Å². The van der Waals surface area contributed by atoms with Gasteiger partial charge >= 0.3 is 5.97 Å². The summed E-state index contributed by atoms with van der Waals surface area (Å²) in [5, 5.41) is 52.7. The van der Waals surface area contributed by atoms with Crippen molar-refractivity contribution in [2.75, 3.05) is 27.4 Å². The molecule has 6 N–H and O–H groups in total. The largest absolute Gasteiger partial charge is 0.478 e. The number of ether oxygens (including phenoxy) is 4. The van der Waals surface area contributed by atoms with Crippen molar-refractivity contribution in [3.8, 4) is 36.5 Å². The molecule has 87 heavy (non-hydrogen) atoms. The Kier molecular flexibility index (Phi) is 33.6. The number of ketones is 2. The highest BCUT2D eigenvalue weighted by Gasteiger charge is 2.31. The first-order chi connectivity index (χ1) is 40.7. The SMILES string of the molecule is C#Cc1ccc(C(=O)N[C@H](C(=O)COC)[C@@H](C)OC(C)(C)C)cc1.C#Cc1ccc(C(=O)O)cc1.COCC(=O)[C@@H](C)[C@@H](C)OC(C)(C)C.C[C@@H](O)[C@H](NC(=O)c1ccc(C#Cc2cccc([N+](=O)[O-])c2)cc1)C(=O)NO.O=[N+]([O-])c1cccc(I)c1. The summed E-state index contributed by atoms with van der Waals surface area (Å²) in [7, 11) is 2.96. The summed E-state index contributed by atoms with van der Waals surface area (Å²) in [5.74, 6) is 7.40. The van der Waals surface area contributed by atoms with Gasteiger partial charge < -0.3 is 39.8 Å². The van der Waals surface area contributed by atoms with Crippen LogP contribution in [0.5, 0.6) is 0 Å². The maximum Gasteiger partial charge on any atom is 0.335 e. The van der Waals surface area contributed by atoms with E-state index in [1.807, 2.05) is 84.0 Å². The van der Waals surface area contributed by atoms with Crippen LogP contribution in [-0.4, -0.2) is 130 Å². The minimum atomic E-state index is -1.31. The Balaban J connectivity index is 0.000000576. The lowest BCUT2D eigenvalue weighted by Crippen LogP contribution is -2.51. The van der Waals surface area contributed by atoms with Crippen LogP contribution in [-0.2, 0) is 33.3 Å². The molecule has 0 radical (unpaired) electrons. The smallest absolute Gasteiger partial charge is 0.335 e. The van der Waals surface area contributed by atoms with Crippen LogP contribution >= 0.6 is 22.6 Å². The van der Waals surface area contributed by atoms with Crippen molar-refractivity contribution < 1.29 is 73.0 Å². The number of Topliss-reactive ketones (excluding diaryl/α,β-unsaturated/α-hetero) is 2. The number of hydrogen-bond donors (Lipinski definition) is 6. The molecule has 0 saturated heterocycles. The van der Waals surface area contributed by atoms with E-state index in [0.29, 0.717) is 27.8 Å². The van der Waals surface area contributed by atoms with Crippen LogP contribution in [0.1, 0.15) is 123 Å². The average molecular weight is 1310 g/mol. The van der Waals surface area contributed by atoms with Crippen molar-refractivity contribution in [2.24, 2.45) is 5.92 Å². The Morgan fingerprint density at radius 2 is 0.989 bits per heavy atom. The summed E-state index contributed by atoms with van der Waals surface area (Å²) in [5.41, 5.74) is 4.14. The number of benzene rings is 5. The number of non-ortho nitro benzene ring substituents is 2.